The smallest absolute Gasteiger partial charge is 0.332 e. The summed E-state index contributed by atoms with van der Waals surface area (Å²) in [6.45, 7) is 1.26. The fourth-order valence-corrected chi connectivity index (χ4v) is 4.54. The molecule has 0 atom stereocenters. The fourth-order valence-electron chi connectivity index (χ4n) is 4.11. The van der Waals surface area contributed by atoms with Crippen LogP contribution in [0.1, 0.15) is 11.1 Å². The summed E-state index contributed by atoms with van der Waals surface area (Å²) in [6, 6.07) is 17.4. The highest BCUT2D eigenvalue weighted by Crippen LogP contribution is 2.30. The maximum absolute atomic E-state index is 13.4. The molecule has 1 aromatic heterocycles. The zero-order valence-corrected chi connectivity index (χ0v) is 23.6. The summed E-state index contributed by atoms with van der Waals surface area (Å²) in [6.07, 6.45) is 0.586. The largest absolute Gasteiger partial charge is 0.495 e. The number of amides is 2. The Labute approximate surface area is 237 Å². The van der Waals surface area contributed by atoms with Crippen LogP contribution >= 0.6 is 27.5 Å². The highest BCUT2D eigenvalue weighted by molar-refractivity contribution is 9.10. The Morgan fingerprint density at radius 2 is 1.67 bits per heavy atom. The van der Waals surface area contributed by atoms with E-state index in [4.69, 9.17) is 16.3 Å². The summed E-state index contributed by atoms with van der Waals surface area (Å²) in [5, 5.41) is 6.11. The second kappa shape index (κ2) is 12.3. The van der Waals surface area contributed by atoms with Gasteiger partial charge in [0.05, 0.1) is 23.7 Å². The number of nitrogens with one attached hydrogen (secondary N) is 2. The predicted octanol–water partition coefficient (Wildman–Crippen LogP) is 3.89. The van der Waals surface area contributed by atoms with Gasteiger partial charge in [-0.05, 0) is 60.9 Å². The monoisotopic (exact) mass is 612 g/mol. The quantitative estimate of drug-likeness (QED) is 0.298. The second-order valence-corrected chi connectivity index (χ2v) is 10.2. The minimum Gasteiger partial charge on any atom is -0.495 e. The first-order chi connectivity index (χ1) is 18.7. The number of hydrogen-bond acceptors (Lipinski definition) is 5. The number of halogens is 2. The van der Waals surface area contributed by atoms with Gasteiger partial charge >= 0.3 is 5.69 Å². The van der Waals surface area contributed by atoms with Crippen LogP contribution in [0.3, 0.4) is 0 Å². The van der Waals surface area contributed by atoms with Crippen molar-refractivity contribution in [3.05, 3.63) is 102 Å². The molecule has 0 bridgehead atoms. The van der Waals surface area contributed by atoms with Crippen LogP contribution in [0.25, 0.3) is 10.9 Å². The van der Waals surface area contributed by atoms with Crippen molar-refractivity contribution in [2.75, 3.05) is 19.0 Å². The van der Waals surface area contributed by atoms with E-state index >= 15 is 0 Å². The minimum absolute atomic E-state index is 0.212. The van der Waals surface area contributed by atoms with E-state index < -0.39 is 36.2 Å². The molecule has 9 nitrogen and oxygen atoms in total. The van der Waals surface area contributed by atoms with E-state index in [2.05, 4.69) is 26.6 Å². The molecule has 4 rings (SSSR count). The molecule has 0 saturated carbocycles. The summed E-state index contributed by atoms with van der Waals surface area (Å²) >= 11 is 9.60. The predicted molar refractivity (Wildman–Crippen MR) is 155 cm³/mol. The Kier molecular flexibility index (Phi) is 8.88. The number of para-hydroxylation sites is 1. The first-order valence-corrected chi connectivity index (χ1v) is 13.2. The zero-order chi connectivity index (χ0) is 28.1. The van der Waals surface area contributed by atoms with Crippen LogP contribution in [0, 0.1) is 6.92 Å². The number of ether oxygens (including phenoxy) is 1. The first kappa shape index (κ1) is 28.1. The maximum Gasteiger partial charge on any atom is 0.332 e. The lowest BCUT2D eigenvalue weighted by molar-refractivity contribution is -0.121. The van der Waals surface area contributed by atoms with Crippen LogP contribution in [0.15, 0.2) is 74.7 Å². The normalized spacial score (nSPS) is 10.9. The lowest BCUT2D eigenvalue weighted by Gasteiger charge is -2.15. The van der Waals surface area contributed by atoms with E-state index in [-0.39, 0.29) is 10.9 Å². The Morgan fingerprint density at radius 1 is 0.974 bits per heavy atom. The number of anilines is 1. The number of hydrogen-bond donors (Lipinski definition) is 2. The molecule has 39 heavy (non-hydrogen) atoms. The molecule has 0 aliphatic heterocycles. The number of aryl methyl sites for hydroxylation is 1. The molecule has 3 aromatic carbocycles. The first-order valence-electron chi connectivity index (χ1n) is 12.1. The van der Waals surface area contributed by atoms with E-state index in [0.29, 0.717) is 29.4 Å². The summed E-state index contributed by atoms with van der Waals surface area (Å²) in [7, 11) is 1.47. The average Bonchev–Trinajstić information content (AvgIpc) is 2.92. The van der Waals surface area contributed by atoms with E-state index in [0.717, 1.165) is 20.2 Å². The summed E-state index contributed by atoms with van der Waals surface area (Å²) < 4.78 is 8.30. The van der Waals surface area contributed by atoms with Gasteiger partial charge in [0.15, 0.2) is 0 Å². The summed E-state index contributed by atoms with van der Waals surface area (Å²) in [5.74, 6) is -0.617. The Balaban J connectivity index is 1.56. The third kappa shape index (κ3) is 6.58. The fraction of sp³-hybridized carbons (Fsp3) is 0.214. The molecule has 0 spiro atoms. The molecule has 0 unspecified atom stereocenters. The van der Waals surface area contributed by atoms with Crippen LogP contribution in [-0.4, -0.2) is 34.6 Å². The highest BCUT2D eigenvalue weighted by atomic mass is 79.9. The van der Waals surface area contributed by atoms with Crippen molar-refractivity contribution in [3.8, 4) is 5.75 Å². The highest BCUT2D eigenvalue weighted by Gasteiger charge is 2.18. The topological polar surface area (TPSA) is 111 Å². The van der Waals surface area contributed by atoms with Crippen molar-refractivity contribution in [2.45, 2.75) is 26.4 Å². The molecular formula is C28H26BrClN4O5. The van der Waals surface area contributed by atoms with Gasteiger partial charge in [0.2, 0.25) is 11.8 Å². The van der Waals surface area contributed by atoms with Crippen molar-refractivity contribution in [3.63, 3.8) is 0 Å². The molecule has 2 N–H and O–H groups in total. The number of benzene rings is 3. The van der Waals surface area contributed by atoms with Gasteiger partial charge in [-0.1, -0.05) is 51.8 Å². The van der Waals surface area contributed by atoms with E-state index in [1.54, 1.807) is 36.4 Å². The van der Waals surface area contributed by atoms with Gasteiger partial charge < -0.3 is 15.4 Å². The lowest BCUT2D eigenvalue weighted by Crippen LogP contribution is -2.45. The van der Waals surface area contributed by atoms with Crippen LogP contribution in [0.5, 0.6) is 5.75 Å². The lowest BCUT2D eigenvalue weighted by atomic mass is 10.1. The van der Waals surface area contributed by atoms with Crippen molar-refractivity contribution < 1.29 is 14.3 Å². The van der Waals surface area contributed by atoms with Gasteiger partial charge in [0, 0.05) is 16.0 Å². The van der Waals surface area contributed by atoms with Crippen LogP contribution in [0.4, 0.5) is 5.69 Å². The Bertz CT molecular complexity index is 1660. The number of aromatic nitrogens is 2. The van der Waals surface area contributed by atoms with Gasteiger partial charge in [0.25, 0.3) is 5.56 Å². The van der Waals surface area contributed by atoms with Gasteiger partial charge in [-0.2, -0.15) is 0 Å². The van der Waals surface area contributed by atoms with Crippen LogP contribution < -0.4 is 26.6 Å². The molecule has 11 heteroatoms. The molecule has 1 heterocycles. The third-order valence-electron chi connectivity index (χ3n) is 6.14. The van der Waals surface area contributed by atoms with Crippen molar-refractivity contribution in [1.82, 2.24) is 14.5 Å². The van der Waals surface area contributed by atoms with Crippen molar-refractivity contribution in [2.24, 2.45) is 0 Å². The summed E-state index contributed by atoms with van der Waals surface area (Å²) in [5.41, 5.74) is 1.04. The molecule has 0 aliphatic rings. The van der Waals surface area contributed by atoms with E-state index in [9.17, 15) is 19.2 Å². The third-order valence-corrected chi connectivity index (χ3v) is 7.08. The molecule has 0 saturated heterocycles. The number of carbonyl (C=O) groups excluding carboxylic acids is 2. The SMILES string of the molecule is COc1cc(C)c(Cl)cc1NC(=O)Cn1c(=O)n(CC(=O)NCCc2ccc(Br)cc2)c(=O)c2ccccc21. The van der Waals surface area contributed by atoms with Gasteiger partial charge in [0.1, 0.15) is 18.8 Å². The molecular weight excluding hydrogens is 588 g/mol. The standard InChI is InChI=1S/C28H26BrClN4O5/c1-17-13-24(39-2)22(14-21(17)30)32-26(36)16-33-23-6-4-3-5-20(23)27(37)34(28(33)38)15-25(35)31-12-11-18-7-9-19(29)10-8-18/h3-10,13-14H,11-12,15-16H2,1-2H3,(H,31,35)(H,32,36). The average molecular weight is 614 g/mol. The molecule has 4 aromatic rings. The Morgan fingerprint density at radius 3 is 2.38 bits per heavy atom. The molecule has 0 fully saturated rings. The number of methoxy groups -OCH3 is 1. The van der Waals surface area contributed by atoms with Crippen molar-refractivity contribution >= 4 is 55.9 Å². The number of fused-ring (bicyclic) bond motifs is 1. The van der Waals surface area contributed by atoms with Crippen molar-refractivity contribution in [1.29, 1.82) is 0 Å². The molecule has 202 valence electrons. The number of carbonyl (C=O) groups is 2. The van der Waals surface area contributed by atoms with Crippen LogP contribution in [0.2, 0.25) is 5.02 Å². The zero-order valence-electron chi connectivity index (χ0n) is 21.3. The number of nitrogens with zero attached hydrogens (tertiary/aromatic N) is 2. The molecule has 2 amide bonds. The van der Waals surface area contributed by atoms with E-state index in [1.165, 1.54) is 11.7 Å². The van der Waals surface area contributed by atoms with Crippen LogP contribution in [-0.2, 0) is 29.1 Å². The maximum atomic E-state index is 13.4. The van der Waals surface area contributed by atoms with Gasteiger partial charge in [-0.3, -0.25) is 23.5 Å². The molecule has 0 radical (unpaired) electrons. The second-order valence-electron chi connectivity index (χ2n) is 8.85. The molecule has 0 aliphatic carbocycles. The Hall–Kier alpha value is -3.89. The van der Waals surface area contributed by atoms with E-state index in [1.807, 2.05) is 31.2 Å². The van der Waals surface area contributed by atoms with Gasteiger partial charge in [-0.25, -0.2) is 4.79 Å². The number of rotatable bonds is 9. The van der Waals surface area contributed by atoms with Gasteiger partial charge in [-0.15, -0.1) is 0 Å². The minimum atomic E-state index is -0.772. The summed E-state index contributed by atoms with van der Waals surface area (Å²) in [4.78, 5) is 52.2.